The van der Waals surface area contributed by atoms with Gasteiger partial charge in [0.15, 0.2) is 5.69 Å². The summed E-state index contributed by atoms with van der Waals surface area (Å²) in [6.45, 7) is 4.64. The zero-order valence-corrected chi connectivity index (χ0v) is 13.7. The molecular formula is C17H21N3O4. The second kappa shape index (κ2) is 8.26. The summed E-state index contributed by atoms with van der Waals surface area (Å²) in [7, 11) is 0. The van der Waals surface area contributed by atoms with E-state index in [-0.39, 0.29) is 17.7 Å². The topological polar surface area (TPSA) is 93.5 Å². The molecule has 0 bridgehead atoms. The predicted octanol–water partition coefficient (Wildman–Crippen LogP) is 2.00. The lowest BCUT2D eigenvalue weighted by Gasteiger charge is -2.09. The number of ether oxygens (including phenoxy) is 1. The van der Waals surface area contributed by atoms with Crippen LogP contribution in [-0.2, 0) is 16.1 Å². The molecule has 1 aromatic carbocycles. The molecule has 7 heteroatoms. The Hall–Kier alpha value is -2.67. The van der Waals surface area contributed by atoms with Crippen LogP contribution in [-0.4, -0.2) is 39.5 Å². The molecule has 0 saturated carbocycles. The number of aromatic nitrogens is 2. The van der Waals surface area contributed by atoms with Gasteiger partial charge in [-0.05, 0) is 37.6 Å². The largest absolute Gasteiger partial charge is 0.476 e. The highest BCUT2D eigenvalue weighted by atomic mass is 16.5. The molecule has 0 atom stereocenters. The molecule has 0 aliphatic heterocycles. The Bertz CT molecular complexity index is 709. The molecule has 1 aromatic heterocycles. The minimum absolute atomic E-state index is 0.0149. The standard InChI is InChI=1S/C17H21N3O4/c1-12(2)24-9-7-16(21)18-11-13-4-3-5-14(10-13)20-8-6-15(19-20)17(22)23/h3-6,8,10,12H,7,9,11H2,1-2H3,(H,18,21)(H,22,23). The van der Waals surface area contributed by atoms with Crippen LogP contribution >= 0.6 is 0 Å². The van der Waals surface area contributed by atoms with E-state index in [1.165, 1.54) is 10.7 Å². The van der Waals surface area contributed by atoms with Gasteiger partial charge in [-0.1, -0.05) is 12.1 Å². The van der Waals surface area contributed by atoms with Crippen LogP contribution in [0.1, 0.15) is 36.3 Å². The monoisotopic (exact) mass is 331 g/mol. The number of hydrogen-bond donors (Lipinski definition) is 2. The van der Waals surface area contributed by atoms with E-state index < -0.39 is 5.97 Å². The van der Waals surface area contributed by atoms with Crippen molar-refractivity contribution in [2.24, 2.45) is 0 Å². The molecule has 0 radical (unpaired) electrons. The van der Waals surface area contributed by atoms with E-state index in [0.29, 0.717) is 19.6 Å². The third-order valence-corrected chi connectivity index (χ3v) is 3.25. The Labute approximate surface area is 140 Å². The van der Waals surface area contributed by atoms with Crippen LogP contribution in [0.3, 0.4) is 0 Å². The molecule has 24 heavy (non-hydrogen) atoms. The molecule has 7 nitrogen and oxygen atoms in total. The Balaban J connectivity index is 1.92. The van der Waals surface area contributed by atoms with Crippen LogP contribution in [0, 0.1) is 0 Å². The summed E-state index contributed by atoms with van der Waals surface area (Å²) in [5.41, 5.74) is 1.62. The first-order chi connectivity index (χ1) is 11.5. The molecule has 1 amide bonds. The molecule has 2 rings (SSSR count). The number of carbonyl (C=O) groups excluding carboxylic acids is 1. The fourth-order valence-corrected chi connectivity index (χ4v) is 2.07. The van der Waals surface area contributed by atoms with Gasteiger partial charge in [-0.15, -0.1) is 0 Å². The number of benzene rings is 1. The van der Waals surface area contributed by atoms with E-state index in [0.717, 1.165) is 11.3 Å². The number of carboxylic acid groups (broad SMARTS) is 1. The van der Waals surface area contributed by atoms with Crippen molar-refractivity contribution in [1.82, 2.24) is 15.1 Å². The zero-order valence-electron chi connectivity index (χ0n) is 13.7. The van der Waals surface area contributed by atoms with Gasteiger partial charge in [-0.2, -0.15) is 5.10 Å². The summed E-state index contributed by atoms with van der Waals surface area (Å²) in [4.78, 5) is 22.6. The number of amides is 1. The molecule has 0 spiro atoms. The average Bonchev–Trinajstić information content (AvgIpc) is 3.03. The Morgan fingerprint density at radius 2 is 2.12 bits per heavy atom. The maximum atomic E-state index is 11.8. The van der Waals surface area contributed by atoms with Crippen molar-refractivity contribution in [2.75, 3.05) is 6.61 Å². The number of aromatic carboxylic acids is 1. The molecule has 0 aliphatic carbocycles. The van der Waals surface area contributed by atoms with Crippen molar-refractivity contribution < 1.29 is 19.4 Å². The van der Waals surface area contributed by atoms with Gasteiger partial charge in [0, 0.05) is 19.2 Å². The first-order valence-electron chi connectivity index (χ1n) is 7.72. The van der Waals surface area contributed by atoms with Crippen molar-refractivity contribution in [3.05, 3.63) is 47.8 Å². The highest BCUT2D eigenvalue weighted by molar-refractivity contribution is 5.85. The number of rotatable bonds is 8. The second-order valence-corrected chi connectivity index (χ2v) is 5.57. The SMILES string of the molecule is CC(C)OCCC(=O)NCc1cccc(-n2ccc(C(=O)O)n2)c1. The van der Waals surface area contributed by atoms with Gasteiger partial charge in [0.2, 0.25) is 5.91 Å². The van der Waals surface area contributed by atoms with Crippen molar-refractivity contribution in [3.8, 4) is 5.69 Å². The van der Waals surface area contributed by atoms with Gasteiger partial charge in [-0.3, -0.25) is 4.79 Å². The summed E-state index contributed by atoms with van der Waals surface area (Å²) in [6, 6.07) is 8.83. The molecule has 2 aromatic rings. The molecule has 0 fully saturated rings. The number of carboxylic acids is 1. The van der Waals surface area contributed by atoms with Crippen LogP contribution in [0.5, 0.6) is 0 Å². The molecule has 0 unspecified atom stereocenters. The fourth-order valence-electron chi connectivity index (χ4n) is 2.07. The maximum absolute atomic E-state index is 11.8. The number of nitrogens with one attached hydrogen (secondary N) is 1. The van der Waals surface area contributed by atoms with Crippen molar-refractivity contribution >= 4 is 11.9 Å². The smallest absolute Gasteiger partial charge is 0.356 e. The lowest BCUT2D eigenvalue weighted by Crippen LogP contribution is -2.24. The normalized spacial score (nSPS) is 10.8. The van der Waals surface area contributed by atoms with Gasteiger partial charge in [-0.25, -0.2) is 9.48 Å². The molecule has 0 saturated heterocycles. The third kappa shape index (κ3) is 5.20. The van der Waals surface area contributed by atoms with Crippen molar-refractivity contribution in [3.63, 3.8) is 0 Å². The third-order valence-electron chi connectivity index (χ3n) is 3.25. The summed E-state index contributed by atoms with van der Waals surface area (Å²) in [5.74, 6) is -1.14. The van der Waals surface area contributed by atoms with E-state index in [1.54, 1.807) is 6.20 Å². The Morgan fingerprint density at radius 1 is 1.33 bits per heavy atom. The first kappa shape index (κ1) is 17.7. The van der Waals surface area contributed by atoms with Gasteiger partial charge < -0.3 is 15.2 Å². The number of carbonyl (C=O) groups is 2. The van der Waals surface area contributed by atoms with Crippen LogP contribution in [0.15, 0.2) is 36.5 Å². The molecule has 2 N–H and O–H groups in total. The van der Waals surface area contributed by atoms with Crippen molar-refractivity contribution in [2.45, 2.75) is 32.9 Å². The summed E-state index contributed by atoms with van der Waals surface area (Å²) < 4.78 is 6.83. The summed E-state index contributed by atoms with van der Waals surface area (Å²) in [5, 5.41) is 15.7. The van der Waals surface area contributed by atoms with E-state index in [4.69, 9.17) is 9.84 Å². The second-order valence-electron chi connectivity index (χ2n) is 5.57. The molecular weight excluding hydrogens is 310 g/mol. The average molecular weight is 331 g/mol. The van der Waals surface area contributed by atoms with Crippen LogP contribution < -0.4 is 5.32 Å². The maximum Gasteiger partial charge on any atom is 0.356 e. The minimum Gasteiger partial charge on any atom is -0.476 e. The zero-order chi connectivity index (χ0) is 17.5. The number of hydrogen-bond acceptors (Lipinski definition) is 4. The van der Waals surface area contributed by atoms with Crippen molar-refractivity contribution in [1.29, 1.82) is 0 Å². The van der Waals surface area contributed by atoms with Crippen LogP contribution in [0.2, 0.25) is 0 Å². The Kier molecular flexibility index (Phi) is 6.08. The molecule has 0 aliphatic rings. The lowest BCUT2D eigenvalue weighted by atomic mass is 10.2. The van der Waals surface area contributed by atoms with Gasteiger partial charge >= 0.3 is 5.97 Å². The van der Waals surface area contributed by atoms with Gasteiger partial charge in [0.1, 0.15) is 0 Å². The van der Waals surface area contributed by atoms with Gasteiger partial charge in [0.05, 0.1) is 18.4 Å². The summed E-state index contributed by atoms with van der Waals surface area (Å²) >= 11 is 0. The molecule has 1 heterocycles. The number of nitrogens with zero attached hydrogens (tertiary/aromatic N) is 2. The van der Waals surface area contributed by atoms with E-state index in [2.05, 4.69) is 10.4 Å². The highest BCUT2D eigenvalue weighted by Gasteiger charge is 2.08. The van der Waals surface area contributed by atoms with E-state index in [1.807, 2.05) is 38.1 Å². The van der Waals surface area contributed by atoms with E-state index >= 15 is 0 Å². The quantitative estimate of drug-likeness (QED) is 0.772. The minimum atomic E-state index is -1.07. The summed E-state index contributed by atoms with van der Waals surface area (Å²) in [6.07, 6.45) is 2.02. The fraction of sp³-hybridized carbons (Fsp3) is 0.353. The van der Waals surface area contributed by atoms with Crippen LogP contribution in [0.4, 0.5) is 0 Å². The predicted molar refractivity (Wildman–Crippen MR) is 88.1 cm³/mol. The first-order valence-corrected chi connectivity index (χ1v) is 7.72. The van der Waals surface area contributed by atoms with E-state index in [9.17, 15) is 9.59 Å². The lowest BCUT2D eigenvalue weighted by molar-refractivity contribution is -0.122. The van der Waals surface area contributed by atoms with Gasteiger partial charge in [0.25, 0.3) is 0 Å². The van der Waals surface area contributed by atoms with Crippen LogP contribution in [0.25, 0.3) is 5.69 Å². The molecule has 128 valence electrons. The highest BCUT2D eigenvalue weighted by Crippen LogP contribution is 2.11. The Morgan fingerprint density at radius 3 is 2.79 bits per heavy atom.